The number of aromatic hydroxyl groups is 1. The maximum absolute atomic E-state index is 9.86. The van der Waals surface area contributed by atoms with Crippen LogP contribution in [0.25, 0.3) is 5.52 Å². The molecule has 1 unspecified atom stereocenters. The molecular weight excluding hydrogens is 294 g/mol. The van der Waals surface area contributed by atoms with Gasteiger partial charge in [0.2, 0.25) is 0 Å². The Morgan fingerprint density at radius 2 is 2.39 bits per heavy atom. The van der Waals surface area contributed by atoms with Crippen LogP contribution in [0.5, 0.6) is 5.75 Å². The van der Waals surface area contributed by atoms with E-state index >= 15 is 0 Å². The van der Waals surface area contributed by atoms with Gasteiger partial charge in [0.1, 0.15) is 21.7 Å². The Balaban J connectivity index is 1.94. The van der Waals surface area contributed by atoms with Gasteiger partial charge in [-0.05, 0) is 47.4 Å². The van der Waals surface area contributed by atoms with Crippen LogP contribution in [-0.2, 0) is 6.42 Å². The first-order valence-electron chi connectivity index (χ1n) is 6.33. The predicted molar refractivity (Wildman–Crippen MR) is 73.9 cm³/mol. The van der Waals surface area contributed by atoms with Gasteiger partial charge in [-0.15, -0.1) is 0 Å². The Kier molecular flexibility index (Phi) is 3.26. The van der Waals surface area contributed by atoms with E-state index in [0.717, 1.165) is 24.3 Å². The van der Waals surface area contributed by atoms with Gasteiger partial charge in [0.05, 0.1) is 0 Å². The van der Waals surface area contributed by atoms with Gasteiger partial charge in [-0.3, -0.25) is 4.40 Å². The van der Waals surface area contributed by atoms with Gasteiger partial charge >= 0.3 is 0 Å². The molecule has 1 fully saturated rings. The number of nitrogens with one attached hydrogen (secondary N) is 1. The van der Waals surface area contributed by atoms with Crippen LogP contribution in [0.4, 0.5) is 0 Å². The zero-order valence-electron chi connectivity index (χ0n) is 10.1. The molecule has 2 aromatic heterocycles. The van der Waals surface area contributed by atoms with E-state index in [0.29, 0.717) is 10.6 Å². The molecule has 0 spiro atoms. The molecule has 2 N–H and O–H groups in total. The van der Waals surface area contributed by atoms with E-state index in [4.69, 9.17) is 0 Å². The molecule has 5 heteroatoms. The van der Waals surface area contributed by atoms with Crippen molar-refractivity contribution in [3.63, 3.8) is 0 Å². The van der Waals surface area contributed by atoms with E-state index in [1.807, 2.05) is 16.7 Å². The molecular formula is C13H16BrN3O. The van der Waals surface area contributed by atoms with E-state index in [1.165, 1.54) is 19.3 Å². The number of hydrogen-bond acceptors (Lipinski definition) is 3. The number of aromatic nitrogens is 2. The van der Waals surface area contributed by atoms with Gasteiger partial charge in [-0.2, -0.15) is 0 Å². The first kappa shape index (κ1) is 12.0. The average molecular weight is 310 g/mol. The summed E-state index contributed by atoms with van der Waals surface area (Å²) in [6.07, 6.45) is 6.60. The van der Waals surface area contributed by atoms with Gasteiger partial charge < -0.3 is 10.4 Å². The van der Waals surface area contributed by atoms with Gasteiger partial charge in [-0.1, -0.05) is 6.42 Å². The number of pyridine rings is 1. The first-order chi connectivity index (χ1) is 8.75. The lowest BCUT2D eigenvalue weighted by Crippen LogP contribution is -2.36. The molecule has 0 aromatic carbocycles. The molecule has 0 bridgehead atoms. The van der Waals surface area contributed by atoms with Crippen molar-refractivity contribution in [2.75, 3.05) is 6.54 Å². The molecule has 0 saturated carbocycles. The number of hydrogen-bond donors (Lipinski definition) is 2. The highest BCUT2D eigenvalue weighted by Crippen LogP contribution is 2.27. The van der Waals surface area contributed by atoms with Crippen molar-refractivity contribution in [3.8, 4) is 5.75 Å². The smallest absolute Gasteiger partial charge is 0.142 e. The maximum Gasteiger partial charge on any atom is 0.142 e. The average Bonchev–Trinajstić information content (AvgIpc) is 2.69. The summed E-state index contributed by atoms with van der Waals surface area (Å²) < 4.78 is 2.68. The quantitative estimate of drug-likeness (QED) is 0.896. The van der Waals surface area contributed by atoms with Gasteiger partial charge in [0.25, 0.3) is 0 Å². The number of imidazole rings is 1. The number of fused-ring (bicyclic) bond motifs is 1. The Hall–Kier alpha value is -1.07. The Morgan fingerprint density at radius 3 is 3.17 bits per heavy atom. The SMILES string of the molecule is Oc1cccn2c(CC3CCCCN3)nc(Br)c12. The van der Waals surface area contributed by atoms with E-state index in [2.05, 4.69) is 26.2 Å². The van der Waals surface area contributed by atoms with Crippen molar-refractivity contribution in [1.82, 2.24) is 14.7 Å². The summed E-state index contributed by atoms with van der Waals surface area (Å²) in [5.41, 5.74) is 0.753. The maximum atomic E-state index is 9.86. The van der Waals surface area contributed by atoms with Gasteiger partial charge in [0.15, 0.2) is 0 Å². The molecule has 4 nitrogen and oxygen atoms in total. The van der Waals surface area contributed by atoms with E-state index in [1.54, 1.807) is 6.07 Å². The Bertz CT molecular complexity index is 561. The second-order valence-corrected chi connectivity index (χ2v) is 5.53. The lowest BCUT2D eigenvalue weighted by Gasteiger charge is -2.22. The molecule has 96 valence electrons. The number of rotatable bonds is 2. The molecule has 0 aliphatic carbocycles. The topological polar surface area (TPSA) is 49.6 Å². The highest BCUT2D eigenvalue weighted by molar-refractivity contribution is 9.10. The van der Waals surface area contributed by atoms with Crippen LogP contribution in [0.3, 0.4) is 0 Å². The standard InChI is InChI=1S/C13H16BrN3O/c14-13-12-10(18)5-3-7-17(12)11(16-13)8-9-4-1-2-6-15-9/h3,5,7,9,15,18H,1-2,4,6,8H2. The molecule has 0 radical (unpaired) electrons. The number of nitrogens with zero attached hydrogens (tertiary/aromatic N) is 2. The minimum Gasteiger partial charge on any atom is -0.506 e. The van der Waals surface area contributed by atoms with E-state index < -0.39 is 0 Å². The zero-order chi connectivity index (χ0) is 12.5. The Morgan fingerprint density at radius 1 is 1.50 bits per heavy atom. The predicted octanol–water partition coefficient (Wildman–Crippen LogP) is 2.49. The molecule has 0 amide bonds. The van der Waals surface area contributed by atoms with Crippen molar-refractivity contribution in [3.05, 3.63) is 28.8 Å². The Labute approximate surface area is 114 Å². The lowest BCUT2D eigenvalue weighted by atomic mass is 10.0. The van der Waals surface area contributed by atoms with Crippen LogP contribution in [0.2, 0.25) is 0 Å². The summed E-state index contributed by atoms with van der Waals surface area (Å²) in [5, 5.41) is 13.4. The lowest BCUT2D eigenvalue weighted by molar-refractivity contribution is 0.394. The summed E-state index contributed by atoms with van der Waals surface area (Å²) in [4.78, 5) is 4.52. The fraction of sp³-hybridized carbons (Fsp3) is 0.462. The normalized spacial score (nSPS) is 20.4. The van der Waals surface area contributed by atoms with Crippen LogP contribution in [-0.4, -0.2) is 27.1 Å². The molecule has 18 heavy (non-hydrogen) atoms. The number of piperidine rings is 1. The van der Waals surface area contributed by atoms with Crippen molar-refractivity contribution < 1.29 is 5.11 Å². The highest BCUT2D eigenvalue weighted by atomic mass is 79.9. The summed E-state index contributed by atoms with van der Waals surface area (Å²) >= 11 is 3.42. The largest absolute Gasteiger partial charge is 0.506 e. The molecule has 1 atom stereocenters. The molecule has 1 aliphatic heterocycles. The van der Waals surface area contributed by atoms with Gasteiger partial charge in [0, 0.05) is 18.7 Å². The van der Waals surface area contributed by atoms with E-state index in [-0.39, 0.29) is 5.75 Å². The summed E-state index contributed by atoms with van der Waals surface area (Å²) in [6.45, 7) is 1.10. The van der Waals surface area contributed by atoms with Crippen LogP contribution in [0, 0.1) is 0 Å². The first-order valence-corrected chi connectivity index (χ1v) is 7.13. The minimum atomic E-state index is 0.264. The molecule has 3 rings (SSSR count). The fourth-order valence-electron chi connectivity index (χ4n) is 2.60. The third-order valence-corrected chi connectivity index (χ3v) is 4.07. The second-order valence-electron chi connectivity index (χ2n) is 4.78. The highest BCUT2D eigenvalue weighted by Gasteiger charge is 2.18. The minimum absolute atomic E-state index is 0.264. The van der Waals surface area contributed by atoms with Crippen molar-refractivity contribution in [2.45, 2.75) is 31.7 Å². The van der Waals surface area contributed by atoms with Crippen LogP contribution in [0.1, 0.15) is 25.1 Å². The fourth-order valence-corrected chi connectivity index (χ4v) is 3.20. The van der Waals surface area contributed by atoms with Crippen molar-refractivity contribution in [2.24, 2.45) is 0 Å². The second kappa shape index (κ2) is 4.90. The van der Waals surface area contributed by atoms with Crippen molar-refractivity contribution >= 4 is 21.4 Å². The number of halogens is 1. The molecule has 1 aliphatic rings. The monoisotopic (exact) mass is 309 g/mol. The molecule has 1 saturated heterocycles. The van der Waals surface area contributed by atoms with Crippen LogP contribution < -0.4 is 5.32 Å². The van der Waals surface area contributed by atoms with Crippen LogP contribution >= 0.6 is 15.9 Å². The third kappa shape index (κ3) is 2.12. The zero-order valence-corrected chi connectivity index (χ0v) is 11.7. The summed E-state index contributed by atoms with van der Waals surface area (Å²) in [5.74, 6) is 1.26. The third-order valence-electron chi connectivity index (χ3n) is 3.51. The van der Waals surface area contributed by atoms with Crippen molar-refractivity contribution in [1.29, 1.82) is 0 Å². The molecule has 2 aromatic rings. The van der Waals surface area contributed by atoms with E-state index in [9.17, 15) is 5.11 Å². The van der Waals surface area contributed by atoms with Gasteiger partial charge in [-0.25, -0.2) is 4.98 Å². The van der Waals surface area contributed by atoms with Crippen LogP contribution in [0.15, 0.2) is 22.9 Å². The summed E-state index contributed by atoms with van der Waals surface area (Å²) in [6, 6.07) is 4.03. The molecule has 3 heterocycles. The summed E-state index contributed by atoms with van der Waals surface area (Å²) in [7, 11) is 0.